The molecule has 0 saturated carbocycles. The molecule has 0 radical (unpaired) electrons. The quantitative estimate of drug-likeness (QED) is 0.498. The summed E-state index contributed by atoms with van der Waals surface area (Å²) in [5.74, 6) is -2.25. The maximum atomic E-state index is 12.3. The van der Waals surface area contributed by atoms with Crippen molar-refractivity contribution in [1.29, 1.82) is 0 Å². The van der Waals surface area contributed by atoms with Crippen molar-refractivity contribution in [3.05, 3.63) is 30.3 Å². The number of nitrogens with zero attached hydrogens (tertiary/aromatic N) is 2. The number of benzene rings is 1. The Kier molecular flexibility index (Phi) is 8.42. The topological polar surface area (TPSA) is 94.6 Å². The van der Waals surface area contributed by atoms with Crippen LogP contribution >= 0.6 is 0 Å². The summed E-state index contributed by atoms with van der Waals surface area (Å²) in [6.07, 6.45) is -12.2. The summed E-state index contributed by atoms with van der Waals surface area (Å²) in [6, 6.07) is 4.64. The number of rotatable bonds is 9. The molecular weight excluding hydrogens is 476 g/mol. The Labute approximate surface area is 179 Å². The van der Waals surface area contributed by atoms with Crippen LogP contribution in [0.3, 0.4) is 0 Å². The average Bonchev–Trinajstić information content (AvgIpc) is 2.69. The Morgan fingerprint density at radius 3 is 1.82 bits per heavy atom. The third-order valence-corrected chi connectivity index (χ3v) is 3.16. The lowest BCUT2D eigenvalue weighted by Crippen LogP contribution is -2.23. The number of urea groups is 1. The number of amides is 2. The van der Waals surface area contributed by atoms with Gasteiger partial charge in [0.15, 0.2) is 13.2 Å². The highest BCUT2D eigenvalue weighted by Crippen LogP contribution is 2.24. The van der Waals surface area contributed by atoms with Gasteiger partial charge >= 0.3 is 18.4 Å². The second-order valence-corrected chi connectivity index (χ2v) is 5.98. The van der Waals surface area contributed by atoms with Crippen LogP contribution in [-0.2, 0) is 0 Å². The monoisotopic (exact) mass is 490 g/mol. The minimum Gasteiger partial charge on any atom is -0.488 e. The zero-order valence-corrected chi connectivity index (χ0v) is 16.1. The van der Waals surface area contributed by atoms with Gasteiger partial charge in [0.05, 0.1) is 6.07 Å². The molecular formula is C17H14F8N4O4. The van der Waals surface area contributed by atoms with E-state index < -0.39 is 62.3 Å². The fourth-order valence-corrected chi connectivity index (χ4v) is 1.98. The van der Waals surface area contributed by atoms with Gasteiger partial charge in [-0.3, -0.25) is 5.32 Å². The van der Waals surface area contributed by atoms with E-state index >= 15 is 0 Å². The Balaban J connectivity index is 2.07. The summed E-state index contributed by atoms with van der Waals surface area (Å²) in [5.41, 5.74) is 0.134. The molecule has 2 amide bonds. The van der Waals surface area contributed by atoms with Crippen LogP contribution in [0.5, 0.6) is 17.5 Å². The first-order chi connectivity index (χ1) is 15.3. The fourth-order valence-electron chi connectivity index (χ4n) is 1.98. The largest absolute Gasteiger partial charge is 0.488 e. The summed E-state index contributed by atoms with van der Waals surface area (Å²) in [7, 11) is 0. The number of carbonyl (C=O) groups excluding carboxylic acids is 1. The first-order valence-electron chi connectivity index (χ1n) is 8.66. The zero-order valence-electron chi connectivity index (χ0n) is 16.1. The van der Waals surface area contributed by atoms with Crippen molar-refractivity contribution in [2.24, 2.45) is 0 Å². The second kappa shape index (κ2) is 10.8. The van der Waals surface area contributed by atoms with Gasteiger partial charge in [0, 0.05) is 5.69 Å². The molecule has 0 aliphatic carbocycles. The van der Waals surface area contributed by atoms with Gasteiger partial charge in [0.1, 0.15) is 12.4 Å². The van der Waals surface area contributed by atoms with E-state index in [9.17, 15) is 39.9 Å². The van der Waals surface area contributed by atoms with Crippen molar-refractivity contribution in [1.82, 2.24) is 9.97 Å². The molecule has 0 aliphatic heterocycles. The molecule has 0 fully saturated rings. The van der Waals surface area contributed by atoms with E-state index in [0.29, 0.717) is 6.07 Å². The molecule has 182 valence electrons. The summed E-state index contributed by atoms with van der Waals surface area (Å²) >= 11 is 0. The van der Waals surface area contributed by atoms with Crippen molar-refractivity contribution in [2.75, 3.05) is 30.5 Å². The summed E-state index contributed by atoms with van der Waals surface area (Å²) in [4.78, 5) is 19.0. The first-order valence-corrected chi connectivity index (χ1v) is 8.66. The molecule has 2 aromatic rings. The highest BCUT2D eigenvalue weighted by Gasteiger charge is 2.30. The van der Waals surface area contributed by atoms with Crippen LogP contribution < -0.4 is 24.8 Å². The highest BCUT2D eigenvalue weighted by atomic mass is 19.4. The van der Waals surface area contributed by atoms with Crippen molar-refractivity contribution in [3.8, 4) is 17.5 Å². The van der Waals surface area contributed by atoms with Crippen LogP contribution in [0.25, 0.3) is 0 Å². The minimum atomic E-state index is -4.77. The Bertz CT molecular complexity index is 886. The molecule has 1 heterocycles. The van der Waals surface area contributed by atoms with E-state index in [-0.39, 0.29) is 11.4 Å². The standard InChI is InChI=1S/C17H14F8N4O4/c18-11(19)6-31-10-3-1-9(2-4-10)26-15(30)29-14-27-12(32-7-16(20,21)22)5-13(28-14)33-8-17(23,24)25/h1-5,11H,6-8H2,(H2,26,27,28,29,30). The van der Waals surface area contributed by atoms with Crippen LogP contribution in [0.15, 0.2) is 30.3 Å². The normalized spacial score (nSPS) is 11.8. The number of hydrogen-bond acceptors (Lipinski definition) is 6. The molecule has 1 aromatic heterocycles. The van der Waals surface area contributed by atoms with Crippen LogP contribution in [-0.4, -0.2) is 54.6 Å². The molecule has 1 aromatic carbocycles. The Morgan fingerprint density at radius 2 is 1.36 bits per heavy atom. The molecule has 0 atom stereocenters. The summed E-state index contributed by atoms with van der Waals surface area (Å²) in [5, 5.41) is 4.25. The van der Waals surface area contributed by atoms with Gasteiger partial charge in [-0.1, -0.05) is 0 Å². The second-order valence-electron chi connectivity index (χ2n) is 5.98. The maximum absolute atomic E-state index is 12.3. The van der Waals surface area contributed by atoms with Crippen LogP contribution in [0.2, 0.25) is 0 Å². The lowest BCUT2D eigenvalue weighted by Gasteiger charge is -2.13. The number of carbonyl (C=O) groups is 1. The van der Waals surface area contributed by atoms with Crippen LogP contribution in [0, 0.1) is 0 Å². The predicted octanol–water partition coefficient (Wildman–Crippen LogP) is 4.65. The first kappa shape index (κ1) is 25.7. The lowest BCUT2D eigenvalue weighted by molar-refractivity contribution is -0.154. The highest BCUT2D eigenvalue weighted by molar-refractivity contribution is 5.98. The number of aromatic nitrogens is 2. The number of hydrogen-bond donors (Lipinski definition) is 2. The fraction of sp³-hybridized carbons (Fsp3) is 0.353. The SMILES string of the molecule is O=C(Nc1ccc(OCC(F)F)cc1)Nc1nc(OCC(F)(F)F)cc(OCC(F)(F)F)n1. The summed E-state index contributed by atoms with van der Waals surface area (Å²) in [6.45, 7) is -4.46. The molecule has 8 nitrogen and oxygen atoms in total. The van der Waals surface area contributed by atoms with E-state index in [0.717, 1.165) is 0 Å². The van der Waals surface area contributed by atoms with E-state index in [1.165, 1.54) is 24.3 Å². The number of anilines is 2. The molecule has 0 spiro atoms. The molecule has 0 unspecified atom stereocenters. The van der Waals surface area contributed by atoms with Crippen molar-refractivity contribution >= 4 is 17.7 Å². The third-order valence-electron chi connectivity index (χ3n) is 3.16. The van der Waals surface area contributed by atoms with Gasteiger partial charge in [0.25, 0.3) is 6.43 Å². The summed E-state index contributed by atoms with van der Waals surface area (Å²) < 4.78 is 112. The van der Waals surface area contributed by atoms with Gasteiger partial charge in [-0.15, -0.1) is 0 Å². The minimum absolute atomic E-state index is 0.0885. The smallest absolute Gasteiger partial charge is 0.422 e. The molecule has 2 N–H and O–H groups in total. The molecule has 0 bridgehead atoms. The van der Waals surface area contributed by atoms with Gasteiger partial charge in [-0.05, 0) is 24.3 Å². The number of ether oxygens (including phenoxy) is 3. The van der Waals surface area contributed by atoms with E-state index in [1.54, 1.807) is 0 Å². The predicted molar refractivity (Wildman–Crippen MR) is 95.7 cm³/mol. The maximum Gasteiger partial charge on any atom is 0.422 e. The van der Waals surface area contributed by atoms with Crippen molar-refractivity contribution in [2.45, 2.75) is 18.8 Å². The van der Waals surface area contributed by atoms with Gasteiger partial charge in [-0.25, -0.2) is 13.6 Å². The number of halogens is 8. The zero-order chi connectivity index (χ0) is 24.6. The van der Waals surface area contributed by atoms with Gasteiger partial charge in [-0.2, -0.15) is 36.3 Å². The van der Waals surface area contributed by atoms with E-state index in [2.05, 4.69) is 24.8 Å². The molecule has 0 aliphatic rings. The molecule has 0 saturated heterocycles. The Morgan fingerprint density at radius 1 is 0.848 bits per heavy atom. The number of alkyl halides is 8. The lowest BCUT2D eigenvalue weighted by atomic mass is 10.3. The molecule has 33 heavy (non-hydrogen) atoms. The number of nitrogens with one attached hydrogen (secondary N) is 2. The third kappa shape index (κ3) is 10.5. The van der Waals surface area contributed by atoms with E-state index in [4.69, 9.17) is 4.74 Å². The van der Waals surface area contributed by atoms with Gasteiger partial charge in [0.2, 0.25) is 17.7 Å². The van der Waals surface area contributed by atoms with Crippen LogP contribution in [0.1, 0.15) is 0 Å². The average molecular weight is 490 g/mol. The molecule has 2 rings (SSSR count). The Hall–Kier alpha value is -3.59. The molecule has 16 heteroatoms. The van der Waals surface area contributed by atoms with Crippen LogP contribution in [0.4, 0.5) is 51.6 Å². The van der Waals surface area contributed by atoms with Crippen molar-refractivity contribution in [3.63, 3.8) is 0 Å². The van der Waals surface area contributed by atoms with Gasteiger partial charge < -0.3 is 19.5 Å². The van der Waals surface area contributed by atoms with E-state index in [1.807, 2.05) is 5.32 Å². The van der Waals surface area contributed by atoms with Crippen molar-refractivity contribution < 1.29 is 54.1 Å².